The van der Waals surface area contributed by atoms with E-state index in [1.165, 1.54) is 0 Å². The summed E-state index contributed by atoms with van der Waals surface area (Å²) in [5.41, 5.74) is 5.91. The Labute approximate surface area is 163 Å². The molecule has 0 aliphatic heterocycles. The third-order valence-corrected chi connectivity index (χ3v) is 4.46. The second-order valence-electron chi connectivity index (χ2n) is 6.18. The summed E-state index contributed by atoms with van der Waals surface area (Å²) in [4.78, 5) is 15.5. The first-order valence-corrected chi connectivity index (χ1v) is 8.75. The number of H-pyrrole nitrogens is 1. The van der Waals surface area contributed by atoms with E-state index in [9.17, 15) is 4.79 Å². The Hall–Kier alpha value is -3.48. The number of benzene rings is 2. The van der Waals surface area contributed by atoms with E-state index in [2.05, 4.69) is 15.5 Å². The highest BCUT2D eigenvalue weighted by atomic mass is 16.5. The molecule has 146 valence electrons. The molecule has 0 radical (unpaired) electrons. The molecule has 0 fully saturated rings. The van der Waals surface area contributed by atoms with Crippen LogP contribution in [-0.4, -0.2) is 37.9 Å². The van der Waals surface area contributed by atoms with Crippen LogP contribution in [0, 0.1) is 0 Å². The summed E-state index contributed by atoms with van der Waals surface area (Å²) in [7, 11) is 4.65. The highest BCUT2D eigenvalue weighted by Crippen LogP contribution is 2.38. The molecule has 0 spiro atoms. The lowest BCUT2D eigenvalue weighted by Crippen LogP contribution is -2.21. The lowest BCUT2D eigenvalue weighted by molar-refractivity contribution is -0.120. The van der Waals surface area contributed by atoms with Crippen molar-refractivity contribution < 1.29 is 19.0 Å². The Morgan fingerprint density at radius 1 is 1.07 bits per heavy atom. The third-order valence-electron chi connectivity index (χ3n) is 4.46. The second-order valence-corrected chi connectivity index (χ2v) is 6.18. The molecule has 1 amide bonds. The Balaban J connectivity index is 1.75. The Kier molecular flexibility index (Phi) is 5.84. The van der Waals surface area contributed by atoms with Crippen molar-refractivity contribution in [1.29, 1.82) is 0 Å². The second kappa shape index (κ2) is 8.47. The van der Waals surface area contributed by atoms with Gasteiger partial charge < -0.3 is 19.2 Å². The third kappa shape index (κ3) is 3.93. The zero-order valence-corrected chi connectivity index (χ0v) is 16.3. The molecule has 0 saturated heterocycles. The van der Waals surface area contributed by atoms with Gasteiger partial charge in [-0.25, -0.2) is 5.43 Å². The molecule has 0 aliphatic carbocycles. The fourth-order valence-electron chi connectivity index (χ4n) is 2.99. The van der Waals surface area contributed by atoms with Gasteiger partial charge in [0.1, 0.15) is 0 Å². The van der Waals surface area contributed by atoms with Crippen LogP contribution >= 0.6 is 0 Å². The normalized spacial score (nSPS) is 11.4. The van der Waals surface area contributed by atoms with Gasteiger partial charge in [0.05, 0.1) is 33.5 Å². The molecule has 1 heterocycles. The van der Waals surface area contributed by atoms with Crippen molar-refractivity contribution in [3.8, 4) is 17.2 Å². The van der Waals surface area contributed by atoms with Crippen LogP contribution in [-0.2, 0) is 11.2 Å². The molecule has 2 N–H and O–H groups in total. The Morgan fingerprint density at radius 2 is 1.75 bits per heavy atom. The lowest BCUT2D eigenvalue weighted by atomic mass is 10.1. The monoisotopic (exact) mass is 381 g/mol. The van der Waals surface area contributed by atoms with E-state index >= 15 is 0 Å². The fourth-order valence-corrected chi connectivity index (χ4v) is 2.99. The van der Waals surface area contributed by atoms with Crippen molar-refractivity contribution in [2.75, 3.05) is 21.3 Å². The number of amides is 1. The first-order valence-electron chi connectivity index (χ1n) is 8.75. The van der Waals surface area contributed by atoms with E-state index in [4.69, 9.17) is 14.2 Å². The van der Waals surface area contributed by atoms with Gasteiger partial charge in [-0.15, -0.1) is 0 Å². The first kappa shape index (κ1) is 19.3. The number of nitrogens with zero attached hydrogens (tertiary/aromatic N) is 1. The van der Waals surface area contributed by atoms with E-state index in [0.29, 0.717) is 23.0 Å². The summed E-state index contributed by atoms with van der Waals surface area (Å²) in [6.45, 7) is 1.80. The maximum absolute atomic E-state index is 12.3. The summed E-state index contributed by atoms with van der Waals surface area (Å²) in [5.74, 6) is 1.36. The van der Waals surface area contributed by atoms with E-state index < -0.39 is 0 Å². The van der Waals surface area contributed by atoms with Crippen LogP contribution in [0.2, 0.25) is 0 Å². The molecular weight excluding hydrogens is 358 g/mol. The van der Waals surface area contributed by atoms with E-state index in [-0.39, 0.29) is 12.3 Å². The molecule has 0 atom stereocenters. The Bertz CT molecular complexity index is 998. The molecule has 2 aromatic carbocycles. The van der Waals surface area contributed by atoms with Gasteiger partial charge in [0, 0.05) is 22.7 Å². The number of hydrogen-bond donors (Lipinski definition) is 2. The highest BCUT2D eigenvalue weighted by Gasteiger charge is 2.15. The number of aromatic nitrogens is 1. The molecule has 0 aliphatic rings. The van der Waals surface area contributed by atoms with Crippen molar-refractivity contribution in [3.63, 3.8) is 0 Å². The summed E-state index contributed by atoms with van der Waals surface area (Å²) < 4.78 is 16.0. The van der Waals surface area contributed by atoms with Crippen molar-refractivity contribution in [2.45, 2.75) is 13.3 Å². The number of fused-ring (bicyclic) bond motifs is 1. The number of methoxy groups -OCH3 is 3. The minimum Gasteiger partial charge on any atom is -0.493 e. The minimum atomic E-state index is -0.198. The average molecular weight is 381 g/mol. The minimum absolute atomic E-state index is 0.198. The molecule has 0 unspecified atom stereocenters. The summed E-state index contributed by atoms with van der Waals surface area (Å²) in [5, 5.41) is 5.25. The molecule has 0 saturated carbocycles. The topological polar surface area (TPSA) is 84.9 Å². The van der Waals surface area contributed by atoms with Crippen molar-refractivity contribution in [3.05, 3.63) is 53.7 Å². The summed E-state index contributed by atoms with van der Waals surface area (Å²) in [6.07, 6.45) is 2.08. The van der Waals surface area contributed by atoms with E-state index in [1.54, 1.807) is 40.4 Å². The molecule has 7 heteroatoms. The van der Waals surface area contributed by atoms with Gasteiger partial charge in [0.25, 0.3) is 0 Å². The van der Waals surface area contributed by atoms with E-state index in [1.807, 2.05) is 30.5 Å². The van der Waals surface area contributed by atoms with Crippen molar-refractivity contribution in [1.82, 2.24) is 10.4 Å². The maximum atomic E-state index is 12.3. The SMILES string of the molecule is COc1cc(/C(C)=N/NC(=O)Cc2c[nH]c3ccccc23)cc(OC)c1OC. The standard InChI is InChI=1S/C21H23N3O4/c1-13(14-9-18(26-2)21(28-4)19(10-14)27-3)23-24-20(25)11-15-12-22-17-8-6-5-7-16(15)17/h5-10,12,22H,11H2,1-4H3,(H,24,25)/b23-13+. The van der Waals surface area contributed by atoms with Crippen molar-refractivity contribution in [2.24, 2.45) is 5.10 Å². The number of rotatable bonds is 7. The number of carbonyl (C=O) groups excluding carboxylic acids is 1. The van der Waals surface area contributed by atoms with Crippen LogP contribution in [0.1, 0.15) is 18.1 Å². The predicted octanol–water partition coefficient (Wildman–Crippen LogP) is 3.28. The molecule has 28 heavy (non-hydrogen) atoms. The predicted molar refractivity (Wildman–Crippen MR) is 108 cm³/mol. The van der Waals surface area contributed by atoms with Gasteiger partial charge >= 0.3 is 0 Å². The largest absolute Gasteiger partial charge is 0.493 e. The molecular formula is C21H23N3O4. The number of hydrazone groups is 1. The van der Waals surface area contributed by atoms with Gasteiger partial charge in [-0.05, 0) is 30.7 Å². The van der Waals surface area contributed by atoms with Crippen LogP contribution in [0.3, 0.4) is 0 Å². The molecule has 3 rings (SSSR count). The fraction of sp³-hybridized carbons (Fsp3) is 0.238. The molecule has 0 bridgehead atoms. The number of para-hydroxylation sites is 1. The van der Waals surface area contributed by atoms with Gasteiger partial charge in [-0.2, -0.15) is 5.10 Å². The molecule has 7 nitrogen and oxygen atoms in total. The summed E-state index contributed by atoms with van der Waals surface area (Å²) in [6, 6.07) is 11.4. The number of hydrogen-bond acceptors (Lipinski definition) is 5. The van der Waals surface area contributed by atoms with Crippen molar-refractivity contribution >= 4 is 22.5 Å². The smallest absolute Gasteiger partial charge is 0.244 e. The number of carbonyl (C=O) groups is 1. The van der Waals surface area contributed by atoms with Gasteiger partial charge in [-0.3, -0.25) is 4.79 Å². The summed E-state index contributed by atoms with van der Waals surface area (Å²) >= 11 is 0. The zero-order valence-electron chi connectivity index (χ0n) is 16.3. The molecule has 1 aromatic heterocycles. The number of ether oxygens (including phenoxy) is 3. The number of nitrogens with one attached hydrogen (secondary N) is 2. The van der Waals surface area contributed by atoms with Gasteiger partial charge in [0.15, 0.2) is 11.5 Å². The maximum Gasteiger partial charge on any atom is 0.244 e. The zero-order chi connectivity index (χ0) is 20.1. The lowest BCUT2D eigenvalue weighted by Gasteiger charge is -2.14. The number of aromatic amines is 1. The van der Waals surface area contributed by atoms with Crippen LogP contribution in [0.15, 0.2) is 47.7 Å². The van der Waals surface area contributed by atoms with E-state index in [0.717, 1.165) is 22.0 Å². The highest BCUT2D eigenvalue weighted by molar-refractivity contribution is 6.00. The quantitative estimate of drug-likeness (QED) is 0.486. The van der Waals surface area contributed by atoms with Crippen LogP contribution in [0.5, 0.6) is 17.2 Å². The van der Waals surface area contributed by atoms with Gasteiger partial charge in [-0.1, -0.05) is 18.2 Å². The van der Waals surface area contributed by atoms with Gasteiger partial charge in [0.2, 0.25) is 11.7 Å². The Morgan fingerprint density at radius 3 is 2.39 bits per heavy atom. The van der Waals surface area contributed by atoms with Crippen LogP contribution < -0.4 is 19.6 Å². The van der Waals surface area contributed by atoms with Crippen LogP contribution in [0.25, 0.3) is 10.9 Å². The first-order chi connectivity index (χ1) is 13.6. The van der Waals surface area contributed by atoms with Crippen LogP contribution in [0.4, 0.5) is 0 Å². The average Bonchev–Trinajstić information content (AvgIpc) is 3.13. The molecule has 3 aromatic rings.